The Labute approximate surface area is 93.0 Å². The molecule has 1 saturated heterocycles. The van der Waals surface area contributed by atoms with Crippen LogP contribution in [0, 0.1) is 5.41 Å². The fourth-order valence-electron chi connectivity index (χ4n) is 2.06. The van der Waals surface area contributed by atoms with Gasteiger partial charge < -0.3 is 10.6 Å². The molecule has 0 aromatic rings. The summed E-state index contributed by atoms with van der Waals surface area (Å²) < 4.78 is 0. The second-order valence-corrected chi connectivity index (χ2v) is 5.60. The summed E-state index contributed by atoms with van der Waals surface area (Å²) in [5.41, 5.74) is 5.97. The Morgan fingerprint density at radius 1 is 1.53 bits per heavy atom. The molecule has 0 aliphatic carbocycles. The van der Waals surface area contributed by atoms with Crippen molar-refractivity contribution in [3.05, 3.63) is 0 Å². The van der Waals surface area contributed by atoms with E-state index in [2.05, 4.69) is 13.8 Å². The quantitative estimate of drug-likeness (QED) is 0.772. The number of nitrogens with zero attached hydrogens (tertiary/aromatic N) is 1. The van der Waals surface area contributed by atoms with E-state index < -0.39 is 0 Å². The van der Waals surface area contributed by atoms with Crippen molar-refractivity contribution < 1.29 is 4.79 Å². The van der Waals surface area contributed by atoms with Gasteiger partial charge >= 0.3 is 0 Å². The molecule has 88 valence electrons. The molecule has 1 amide bonds. The van der Waals surface area contributed by atoms with Gasteiger partial charge in [0.15, 0.2) is 0 Å². The molecule has 1 aliphatic heterocycles. The van der Waals surface area contributed by atoms with Crippen molar-refractivity contribution in [2.75, 3.05) is 13.1 Å². The second-order valence-electron chi connectivity index (χ2n) is 5.60. The van der Waals surface area contributed by atoms with Gasteiger partial charge in [0.1, 0.15) is 0 Å². The van der Waals surface area contributed by atoms with Crippen LogP contribution in [0.1, 0.15) is 46.5 Å². The third-order valence-electron chi connectivity index (χ3n) is 3.08. The van der Waals surface area contributed by atoms with Crippen LogP contribution in [0.4, 0.5) is 0 Å². The van der Waals surface area contributed by atoms with Gasteiger partial charge in [-0.3, -0.25) is 4.79 Å². The zero-order valence-corrected chi connectivity index (χ0v) is 10.3. The summed E-state index contributed by atoms with van der Waals surface area (Å²) in [5.74, 6) is 0.307. The summed E-state index contributed by atoms with van der Waals surface area (Å²) in [6.07, 6.45) is 3.67. The topological polar surface area (TPSA) is 46.3 Å². The van der Waals surface area contributed by atoms with E-state index in [0.29, 0.717) is 17.7 Å². The van der Waals surface area contributed by atoms with Gasteiger partial charge in [0.05, 0.1) is 0 Å². The highest BCUT2D eigenvalue weighted by molar-refractivity contribution is 5.76. The smallest absolute Gasteiger partial charge is 0.222 e. The molecule has 0 spiro atoms. The van der Waals surface area contributed by atoms with Crippen molar-refractivity contribution in [2.24, 2.45) is 11.1 Å². The fourth-order valence-corrected chi connectivity index (χ4v) is 2.06. The maximum atomic E-state index is 11.8. The molecular weight excluding hydrogens is 188 g/mol. The lowest BCUT2D eigenvalue weighted by Crippen LogP contribution is -2.30. The van der Waals surface area contributed by atoms with Gasteiger partial charge in [0.2, 0.25) is 5.91 Å². The predicted octanol–water partition coefficient (Wildman–Crippen LogP) is 1.76. The maximum absolute atomic E-state index is 11.8. The van der Waals surface area contributed by atoms with Gasteiger partial charge in [-0.25, -0.2) is 0 Å². The van der Waals surface area contributed by atoms with E-state index in [-0.39, 0.29) is 6.04 Å². The van der Waals surface area contributed by atoms with Gasteiger partial charge in [0, 0.05) is 25.6 Å². The molecule has 3 heteroatoms. The van der Waals surface area contributed by atoms with Crippen LogP contribution in [0.2, 0.25) is 0 Å². The lowest BCUT2D eigenvalue weighted by molar-refractivity contribution is -0.130. The Morgan fingerprint density at radius 2 is 2.20 bits per heavy atom. The van der Waals surface area contributed by atoms with Crippen LogP contribution in [0.25, 0.3) is 0 Å². The van der Waals surface area contributed by atoms with Crippen LogP contribution in [0.3, 0.4) is 0 Å². The summed E-state index contributed by atoms with van der Waals surface area (Å²) in [7, 11) is 0. The van der Waals surface area contributed by atoms with E-state index in [1.807, 2.05) is 11.8 Å². The summed E-state index contributed by atoms with van der Waals surface area (Å²) >= 11 is 0. The first-order valence-electron chi connectivity index (χ1n) is 5.94. The molecule has 15 heavy (non-hydrogen) atoms. The molecule has 3 nitrogen and oxygen atoms in total. The highest BCUT2D eigenvalue weighted by atomic mass is 16.2. The summed E-state index contributed by atoms with van der Waals surface area (Å²) in [6, 6.07) is 0.216. The average molecular weight is 212 g/mol. The molecule has 1 rings (SSSR count). The molecule has 0 saturated carbocycles. The molecule has 0 radical (unpaired) electrons. The van der Waals surface area contributed by atoms with Gasteiger partial charge in [-0.1, -0.05) is 13.8 Å². The zero-order chi connectivity index (χ0) is 11.5. The Balaban J connectivity index is 2.24. The van der Waals surface area contributed by atoms with Crippen molar-refractivity contribution in [1.82, 2.24) is 4.90 Å². The molecular formula is C12H24N2O. The molecule has 1 heterocycles. The van der Waals surface area contributed by atoms with Crippen LogP contribution >= 0.6 is 0 Å². The highest BCUT2D eigenvalue weighted by Crippen LogP contribution is 2.29. The Morgan fingerprint density at radius 3 is 2.67 bits per heavy atom. The molecule has 0 aromatic heterocycles. The van der Waals surface area contributed by atoms with Crippen LogP contribution < -0.4 is 5.73 Å². The first-order valence-corrected chi connectivity index (χ1v) is 5.94. The van der Waals surface area contributed by atoms with E-state index in [9.17, 15) is 4.79 Å². The number of carbonyl (C=O) groups is 1. The van der Waals surface area contributed by atoms with Crippen LogP contribution in [0.5, 0.6) is 0 Å². The Bertz CT molecular complexity index is 224. The monoisotopic (exact) mass is 212 g/mol. The molecule has 1 unspecified atom stereocenters. The van der Waals surface area contributed by atoms with Crippen LogP contribution in [0.15, 0.2) is 0 Å². The second kappa shape index (κ2) is 4.97. The van der Waals surface area contributed by atoms with Crippen molar-refractivity contribution in [3.63, 3.8) is 0 Å². The minimum atomic E-state index is 0.216. The standard InChI is InChI=1S/C12H24N2O/c1-10(13)5-4-6-11(15)14-8-7-12(2,3)9-14/h10H,4-9,13H2,1-3H3. The predicted molar refractivity (Wildman–Crippen MR) is 62.5 cm³/mol. The molecule has 1 aliphatic rings. The van der Waals surface area contributed by atoms with Crippen molar-refractivity contribution in [2.45, 2.75) is 52.5 Å². The van der Waals surface area contributed by atoms with Gasteiger partial charge in [-0.05, 0) is 31.6 Å². The number of nitrogens with two attached hydrogens (primary N) is 1. The number of amides is 1. The molecule has 0 bridgehead atoms. The molecule has 1 fully saturated rings. The van der Waals surface area contributed by atoms with Crippen LogP contribution in [-0.2, 0) is 4.79 Å². The lowest BCUT2D eigenvalue weighted by Gasteiger charge is -2.20. The Hall–Kier alpha value is -0.570. The lowest BCUT2D eigenvalue weighted by atomic mass is 9.93. The molecule has 1 atom stereocenters. The molecule has 0 aromatic carbocycles. The van der Waals surface area contributed by atoms with Crippen LogP contribution in [-0.4, -0.2) is 29.9 Å². The maximum Gasteiger partial charge on any atom is 0.222 e. The molecule has 2 N–H and O–H groups in total. The zero-order valence-electron chi connectivity index (χ0n) is 10.3. The fraction of sp³-hybridized carbons (Fsp3) is 0.917. The minimum Gasteiger partial charge on any atom is -0.342 e. The van der Waals surface area contributed by atoms with Gasteiger partial charge in [-0.15, -0.1) is 0 Å². The van der Waals surface area contributed by atoms with Crippen molar-refractivity contribution in [1.29, 1.82) is 0 Å². The first-order chi connectivity index (χ1) is 6.91. The van der Waals surface area contributed by atoms with Gasteiger partial charge in [0.25, 0.3) is 0 Å². The number of hydrogen-bond acceptors (Lipinski definition) is 2. The number of rotatable bonds is 4. The van der Waals surface area contributed by atoms with Crippen molar-refractivity contribution in [3.8, 4) is 0 Å². The summed E-state index contributed by atoms with van der Waals surface area (Å²) in [6.45, 7) is 8.29. The average Bonchev–Trinajstić information content (AvgIpc) is 2.45. The Kier molecular flexibility index (Phi) is 4.14. The van der Waals surface area contributed by atoms with E-state index in [4.69, 9.17) is 5.73 Å². The van der Waals surface area contributed by atoms with E-state index in [1.165, 1.54) is 0 Å². The minimum absolute atomic E-state index is 0.216. The normalized spacial score (nSPS) is 21.7. The van der Waals surface area contributed by atoms with E-state index in [0.717, 1.165) is 32.4 Å². The van der Waals surface area contributed by atoms with E-state index in [1.54, 1.807) is 0 Å². The third kappa shape index (κ3) is 4.20. The third-order valence-corrected chi connectivity index (χ3v) is 3.08. The number of hydrogen-bond donors (Lipinski definition) is 1. The summed E-state index contributed by atoms with van der Waals surface area (Å²) in [5, 5.41) is 0. The SMILES string of the molecule is CC(N)CCCC(=O)N1CCC(C)(C)C1. The number of carbonyl (C=O) groups excluding carboxylic acids is 1. The largest absolute Gasteiger partial charge is 0.342 e. The van der Waals surface area contributed by atoms with E-state index >= 15 is 0 Å². The summed E-state index contributed by atoms with van der Waals surface area (Å²) in [4.78, 5) is 13.8. The van der Waals surface area contributed by atoms with Crippen molar-refractivity contribution >= 4 is 5.91 Å². The first kappa shape index (κ1) is 12.5. The van der Waals surface area contributed by atoms with Gasteiger partial charge in [-0.2, -0.15) is 0 Å². The highest BCUT2D eigenvalue weighted by Gasteiger charge is 2.31. The number of likely N-dealkylation sites (tertiary alicyclic amines) is 1.